The first kappa shape index (κ1) is 22.5. The second kappa shape index (κ2) is 8.19. The van der Waals surface area contributed by atoms with E-state index < -0.39 is 23.8 Å². The number of pyridine rings is 1. The maximum Gasteiger partial charge on any atom is 0.416 e. The summed E-state index contributed by atoms with van der Waals surface area (Å²) in [4.78, 5) is 16.2. The molecule has 0 fully saturated rings. The molecule has 0 spiro atoms. The molecule has 0 aliphatic heterocycles. The minimum absolute atomic E-state index is 0.195. The summed E-state index contributed by atoms with van der Waals surface area (Å²) in [5, 5.41) is 10.3. The second-order valence-corrected chi connectivity index (χ2v) is 8.12. The van der Waals surface area contributed by atoms with Gasteiger partial charge in [-0.05, 0) is 62.4 Å². The van der Waals surface area contributed by atoms with Gasteiger partial charge in [0.05, 0.1) is 27.9 Å². The number of carbonyl (C=O) groups is 1. The van der Waals surface area contributed by atoms with Gasteiger partial charge < -0.3 is 18.7 Å². The minimum Gasteiger partial charge on any atom is -0.483 e. The number of carboxylic acid groups (broad SMARTS) is 1. The van der Waals surface area contributed by atoms with Crippen LogP contribution in [0.5, 0.6) is 5.75 Å². The predicted molar refractivity (Wildman–Crippen MR) is 123 cm³/mol. The highest BCUT2D eigenvalue weighted by atomic mass is 19.4. The third kappa shape index (κ3) is 3.99. The van der Waals surface area contributed by atoms with E-state index in [-0.39, 0.29) is 11.5 Å². The number of ether oxygens (including phenoxy) is 1. The molecule has 0 amide bonds. The van der Waals surface area contributed by atoms with Crippen LogP contribution in [0.25, 0.3) is 27.9 Å². The highest BCUT2D eigenvalue weighted by molar-refractivity contribution is 6.11. The molecule has 1 N–H and O–H groups in total. The number of carboxylic acids is 1. The van der Waals surface area contributed by atoms with Crippen LogP contribution in [0.1, 0.15) is 40.4 Å². The molecule has 0 saturated heterocycles. The third-order valence-electron chi connectivity index (χ3n) is 5.80. The lowest BCUT2D eigenvalue weighted by Gasteiger charge is -2.13. The zero-order chi connectivity index (χ0) is 24.9. The number of nitrogens with zero attached hydrogens (tertiary/aromatic N) is 2. The molecule has 0 bridgehead atoms. The van der Waals surface area contributed by atoms with Crippen molar-refractivity contribution in [2.24, 2.45) is 0 Å². The summed E-state index contributed by atoms with van der Waals surface area (Å²) in [6.45, 7) is 3.50. The van der Waals surface area contributed by atoms with Crippen LogP contribution >= 0.6 is 0 Å². The lowest BCUT2D eigenvalue weighted by molar-refractivity contribution is -0.137. The van der Waals surface area contributed by atoms with Gasteiger partial charge in [-0.25, -0.2) is 9.78 Å². The molecule has 1 atom stereocenters. The van der Waals surface area contributed by atoms with Gasteiger partial charge in [0.15, 0.2) is 11.9 Å². The van der Waals surface area contributed by atoms with Gasteiger partial charge in [0, 0.05) is 23.2 Å². The first-order valence-electron chi connectivity index (χ1n) is 10.7. The molecule has 178 valence electrons. The largest absolute Gasteiger partial charge is 0.483 e. The van der Waals surface area contributed by atoms with Gasteiger partial charge in [0.1, 0.15) is 5.75 Å². The highest BCUT2D eigenvalue weighted by Crippen LogP contribution is 2.34. The fraction of sp³-hybridized carbons (Fsp3) is 0.154. The van der Waals surface area contributed by atoms with Crippen molar-refractivity contribution < 1.29 is 32.2 Å². The molecule has 0 aliphatic rings. The number of halogens is 3. The number of rotatable bonds is 5. The Labute approximate surface area is 197 Å². The summed E-state index contributed by atoms with van der Waals surface area (Å²) in [5.41, 5.74) is 1.69. The van der Waals surface area contributed by atoms with E-state index in [0.717, 1.165) is 12.1 Å². The molecule has 3 heterocycles. The lowest BCUT2D eigenvalue weighted by atomic mass is 10.1. The summed E-state index contributed by atoms with van der Waals surface area (Å²) in [6.07, 6.45) is -3.20. The Kier molecular flexibility index (Phi) is 5.27. The van der Waals surface area contributed by atoms with Crippen molar-refractivity contribution in [1.82, 2.24) is 9.38 Å². The summed E-state index contributed by atoms with van der Waals surface area (Å²) >= 11 is 0. The fourth-order valence-corrected chi connectivity index (χ4v) is 4.18. The number of aromatic carboxylic acids is 1. The summed E-state index contributed by atoms with van der Waals surface area (Å²) in [7, 11) is 0. The first-order chi connectivity index (χ1) is 16.6. The molecule has 9 heteroatoms. The standard InChI is InChI=1S/C26H19F3N2O4/c1-14-23(35-24(30-14)16-6-8-17(9-7-16)26(27,28)29)15(2)34-18-10-11-19-21(13-18)31-12-4-3-5-20(31)22(19)25(32)33/h3-13,15H,1-2H3,(H,32,33)/t15-/m0/s1. The van der Waals surface area contributed by atoms with Crippen LogP contribution in [0.4, 0.5) is 13.2 Å². The average Bonchev–Trinajstić information content (AvgIpc) is 3.36. The Morgan fingerprint density at radius 1 is 1.09 bits per heavy atom. The van der Waals surface area contributed by atoms with Gasteiger partial charge in [0.25, 0.3) is 0 Å². The summed E-state index contributed by atoms with van der Waals surface area (Å²) < 4.78 is 52.2. The van der Waals surface area contributed by atoms with Crippen LogP contribution < -0.4 is 4.74 Å². The van der Waals surface area contributed by atoms with Crippen molar-refractivity contribution in [2.75, 3.05) is 0 Å². The zero-order valence-corrected chi connectivity index (χ0v) is 18.6. The Morgan fingerprint density at radius 2 is 1.83 bits per heavy atom. The van der Waals surface area contributed by atoms with Gasteiger partial charge in [-0.2, -0.15) is 13.2 Å². The molecular weight excluding hydrogens is 461 g/mol. The Bertz CT molecular complexity index is 1570. The molecule has 0 saturated carbocycles. The first-order valence-corrected chi connectivity index (χ1v) is 10.7. The summed E-state index contributed by atoms with van der Waals surface area (Å²) in [5.74, 6) is 0.114. The Balaban J connectivity index is 1.45. The van der Waals surface area contributed by atoms with E-state index >= 15 is 0 Å². The van der Waals surface area contributed by atoms with Crippen molar-refractivity contribution in [3.63, 3.8) is 0 Å². The van der Waals surface area contributed by atoms with Crippen LogP contribution in [0.3, 0.4) is 0 Å². The molecule has 6 nitrogen and oxygen atoms in total. The maximum atomic E-state index is 12.8. The quantitative estimate of drug-likeness (QED) is 0.296. The number of fused-ring (bicyclic) bond motifs is 3. The Hall–Kier alpha value is -4.27. The fourth-order valence-electron chi connectivity index (χ4n) is 4.18. The monoisotopic (exact) mass is 480 g/mol. The Morgan fingerprint density at radius 3 is 2.51 bits per heavy atom. The third-order valence-corrected chi connectivity index (χ3v) is 5.80. The lowest BCUT2D eigenvalue weighted by Crippen LogP contribution is -2.04. The van der Waals surface area contributed by atoms with Crippen molar-refractivity contribution in [1.29, 1.82) is 0 Å². The number of oxazole rings is 1. The number of hydrogen-bond donors (Lipinski definition) is 1. The number of aryl methyl sites for hydroxylation is 1. The number of aromatic nitrogens is 2. The van der Waals surface area contributed by atoms with Crippen LogP contribution in [-0.4, -0.2) is 20.5 Å². The number of alkyl halides is 3. The van der Waals surface area contributed by atoms with E-state index in [1.165, 1.54) is 12.1 Å². The normalized spacial score (nSPS) is 12.8. The van der Waals surface area contributed by atoms with Crippen molar-refractivity contribution >= 4 is 22.4 Å². The van der Waals surface area contributed by atoms with E-state index in [1.54, 1.807) is 54.8 Å². The smallest absolute Gasteiger partial charge is 0.416 e. The second-order valence-electron chi connectivity index (χ2n) is 8.12. The molecule has 5 aromatic rings. The van der Waals surface area contributed by atoms with Gasteiger partial charge >= 0.3 is 12.1 Å². The van der Waals surface area contributed by atoms with E-state index in [4.69, 9.17) is 9.15 Å². The molecular formula is C26H19F3N2O4. The van der Waals surface area contributed by atoms with Crippen LogP contribution in [0.2, 0.25) is 0 Å². The van der Waals surface area contributed by atoms with E-state index in [2.05, 4.69) is 4.98 Å². The highest BCUT2D eigenvalue weighted by Gasteiger charge is 2.30. The molecule has 0 unspecified atom stereocenters. The van der Waals surface area contributed by atoms with Crippen LogP contribution in [0, 0.1) is 6.92 Å². The molecule has 3 aromatic heterocycles. The van der Waals surface area contributed by atoms with Crippen molar-refractivity contribution in [2.45, 2.75) is 26.1 Å². The molecule has 2 aromatic carbocycles. The van der Waals surface area contributed by atoms with Gasteiger partial charge in [-0.3, -0.25) is 0 Å². The van der Waals surface area contributed by atoms with Crippen molar-refractivity contribution in [3.8, 4) is 17.2 Å². The number of benzene rings is 2. The summed E-state index contributed by atoms with van der Waals surface area (Å²) in [6, 6.07) is 15.1. The van der Waals surface area contributed by atoms with Gasteiger partial charge in [-0.1, -0.05) is 6.07 Å². The van der Waals surface area contributed by atoms with Gasteiger partial charge in [-0.15, -0.1) is 0 Å². The average molecular weight is 480 g/mol. The van der Waals surface area contributed by atoms with Crippen LogP contribution in [0.15, 0.2) is 71.3 Å². The van der Waals surface area contributed by atoms with E-state index in [9.17, 15) is 23.1 Å². The topological polar surface area (TPSA) is 77.0 Å². The maximum absolute atomic E-state index is 12.8. The molecule has 0 radical (unpaired) electrons. The van der Waals surface area contributed by atoms with E-state index in [0.29, 0.717) is 39.2 Å². The molecule has 35 heavy (non-hydrogen) atoms. The SMILES string of the molecule is Cc1nc(-c2ccc(C(F)(F)F)cc2)oc1[C@H](C)Oc1ccc2c(C(=O)O)c3ccccn3c2c1. The van der Waals surface area contributed by atoms with Crippen LogP contribution in [-0.2, 0) is 6.18 Å². The molecule has 5 rings (SSSR count). The zero-order valence-electron chi connectivity index (χ0n) is 18.6. The number of hydrogen-bond acceptors (Lipinski definition) is 4. The van der Waals surface area contributed by atoms with Crippen molar-refractivity contribution in [3.05, 3.63) is 89.4 Å². The van der Waals surface area contributed by atoms with E-state index in [1.807, 2.05) is 6.07 Å². The molecule has 0 aliphatic carbocycles. The predicted octanol–water partition coefficient (Wildman–Crippen LogP) is 6.91. The minimum atomic E-state index is -4.42. The van der Waals surface area contributed by atoms with Gasteiger partial charge in [0.2, 0.25) is 5.89 Å².